The molecule has 1 atom stereocenters. The molecule has 0 aliphatic rings. The van der Waals surface area contributed by atoms with Gasteiger partial charge in [0.25, 0.3) is 0 Å². The second-order valence-corrected chi connectivity index (χ2v) is 10.3. The van der Waals surface area contributed by atoms with Crippen molar-refractivity contribution in [2.75, 3.05) is 19.8 Å². The van der Waals surface area contributed by atoms with Gasteiger partial charge in [0.1, 0.15) is 6.61 Å². The number of ether oxygens (including phenoxy) is 2. The first-order chi connectivity index (χ1) is 18.0. The molecule has 218 valence electrons. The second-order valence-electron chi connectivity index (χ2n) is 10.3. The minimum Gasteiger partial charge on any atom is -0.462 e. The number of hydrogen-bond acceptors (Lipinski definition) is 6. The maximum absolute atomic E-state index is 12.0. The lowest BCUT2D eigenvalue weighted by Gasteiger charge is -2.15. The van der Waals surface area contributed by atoms with Gasteiger partial charge < -0.3 is 19.9 Å². The van der Waals surface area contributed by atoms with E-state index in [1.165, 1.54) is 70.6 Å². The Hall–Kier alpha value is -1.63. The Labute approximate surface area is 226 Å². The van der Waals surface area contributed by atoms with Crippen LogP contribution in [0.25, 0.3) is 0 Å². The number of aliphatic hydroxyl groups excluding tert-OH is 1. The number of hydrogen-bond donors (Lipinski definition) is 2. The lowest BCUT2D eigenvalue weighted by atomic mass is 10.1. The molecule has 1 amide bonds. The van der Waals surface area contributed by atoms with E-state index in [1.807, 2.05) is 0 Å². The van der Waals surface area contributed by atoms with Gasteiger partial charge in [0.2, 0.25) is 5.91 Å². The Morgan fingerprint density at radius 2 is 1.08 bits per heavy atom. The normalized spacial score (nSPS) is 11.8. The maximum atomic E-state index is 12.0. The minimum absolute atomic E-state index is 0.0374. The predicted molar refractivity (Wildman–Crippen MR) is 149 cm³/mol. The Morgan fingerprint density at radius 3 is 1.54 bits per heavy atom. The summed E-state index contributed by atoms with van der Waals surface area (Å²) < 4.78 is 10.5. The van der Waals surface area contributed by atoms with Gasteiger partial charge in [-0.1, -0.05) is 110 Å². The van der Waals surface area contributed by atoms with Crippen molar-refractivity contribution in [1.29, 1.82) is 0 Å². The Kier molecular flexibility index (Phi) is 26.2. The minimum atomic E-state index is -0.780. The largest absolute Gasteiger partial charge is 0.462 e. The van der Waals surface area contributed by atoms with Crippen LogP contribution in [0, 0.1) is 0 Å². The fraction of sp³-hybridized carbons (Fsp3) is 0.900. The first-order valence-corrected chi connectivity index (χ1v) is 15.2. The standard InChI is InChI=1S/C30H57NO6/c1-3-4-5-6-7-8-10-14-17-20-23-30(35)37-28(25-32)26-36-29(34)22-19-16-13-11-9-12-15-18-21-24-31-27(2)33/h28,32H,3-26H2,1-2H3,(H,31,33)/t28-/m1/s1. The van der Waals surface area contributed by atoms with Crippen LogP contribution in [-0.2, 0) is 23.9 Å². The molecular weight excluding hydrogens is 470 g/mol. The summed E-state index contributed by atoms with van der Waals surface area (Å²) in [5, 5.41) is 12.3. The number of unbranched alkanes of at least 4 members (excludes halogenated alkanes) is 17. The first kappa shape index (κ1) is 35.4. The van der Waals surface area contributed by atoms with E-state index < -0.39 is 6.10 Å². The van der Waals surface area contributed by atoms with Crippen molar-refractivity contribution < 1.29 is 29.0 Å². The van der Waals surface area contributed by atoms with Gasteiger partial charge in [0.15, 0.2) is 6.10 Å². The lowest BCUT2D eigenvalue weighted by Crippen LogP contribution is -2.28. The molecule has 0 bridgehead atoms. The van der Waals surface area contributed by atoms with Crippen LogP contribution in [0.2, 0.25) is 0 Å². The van der Waals surface area contributed by atoms with Gasteiger partial charge >= 0.3 is 11.9 Å². The van der Waals surface area contributed by atoms with Crippen molar-refractivity contribution in [3.05, 3.63) is 0 Å². The molecule has 7 nitrogen and oxygen atoms in total. The lowest BCUT2D eigenvalue weighted by molar-refractivity contribution is -0.161. The van der Waals surface area contributed by atoms with Crippen molar-refractivity contribution in [3.8, 4) is 0 Å². The van der Waals surface area contributed by atoms with E-state index in [0.717, 1.165) is 57.9 Å². The highest BCUT2D eigenvalue weighted by molar-refractivity contribution is 5.72. The molecule has 0 aliphatic carbocycles. The molecule has 0 aliphatic heterocycles. The molecule has 0 aromatic carbocycles. The molecule has 0 aromatic rings. The van der Waals surface area contributed by atoms with Crippen LogP contribution in [0.15, 0.2) is 0 Å². The van der Waals surface area contributed by atoms with Crippen molar-refractivity contribution in [3.63, 3.8) is 0 Å². The van der Waals surface area contributed by atoms with Gasteiger partial charge in [-0.25, -0.2) is 0 Å². The summed E-state index contributed by atoms with van der Waals surface area (Å²) >= 11 is 0. The number of esters is 2. The van der Waals surface area contributed by atoms with E-state index in [4.69, 9.17) is 9.47 Å². The molecular formula is C30H57NO6. The topological polar surface area (TPSA) is 102 Å². The summed E-state index contributed by atoms with van der Waals surface area (Å²) in [6, 6.07) is 0. The van der Waals surface area contributed by atoms with E-state index >= 15 is 0 Å². The zero-order valence-electron chi connectivity index (χ0n) is 24.0. The number of rotatable bonds is 27. The fourth-order valence-corrected chi connectivity index (χ4v) is 4.28. The Balaban J connectivity index is 3.57. The Morgan fingerprint density at radius 1 is 0.649 bits per heavy atom. The highest BCUT2D eigenvalue weighted by Gasteiger charge is 2.16. The van der Waals surface area contributed by atoms with Gasteiger partial charge in [0.05, 0.1) is 6.61 Å². The van der Waals surface area contributed by atoms with Crippen molar-refractivity contribution >= 4 is 17.8 Å². The quantitative estimate of drug-likeness (QED) is 0.0901. The fourth-order valence-electron chi connectivity index (χ4n) is 4.28. The van der Waals surface area contributed by atoms with Gasteiger partial charge in [0, 0.05) is 26.3 Å². The zero-order valence-corrected chi connectivity index (χ0v) is 24.0. The van der Waals surface area contributed by atoms with Crippen LogP contribution in [0.3, 0.4) is 0 Å². The molecule has 0 unspecified atom stereocenters. The number of aliphatic hydroxyl groups is 1. The van der Waals surface area contributed by atoms with E-state index in [-0.39, 0.29) is 31.1 Å². The van der Waals surface area contributed by atoms with E-state index in [2.05, 4.69) is 12.2 Å². The van der Waals surface area contributed by atoms with Gasteiger partial charge in [-0.3, -0.25) is 14.4 Å². The highest BCUT2D eigenvalue weighted by Crippen LogP contribution is 2.13. The maximum Gasteiger partial charge on any atom is 0.306 e. The smallest absolute Gasteiger partial charge is 0.306 e. The molecule has 0 rings (SSSR count). The van der Waals surface area contributed by atoms with Crippen LogP contribution in [-0.4, -0.2) is 48.8 Å². The number of amides is 1. The van der Waals surface area contributed by atoms with E-state index in [1.54, 1.807) is 6.92 Å². The highest BCUT2D eigenvalue weighted by atomic mass is 16.6. The molecule has 0 saturated carbocycles. The summed E-state index contributed by atoms with van der Waals surface area (Å²) in [6.07, 6.45) is 21.8. The molecule has 0 heterocycles. The van der Waals surface area contributed by atoms with Crippen LogP contribution in [0.1, 0.15) is 149 Å². The van der Waals surface area contributed by atoms with Crippen LogP contribution in [0.5, 0.6) is 0 Å². The summed E-state index contributed by atoms with van der Waals surface area (Å²) in [6.45, 7) is 4.12. The monoisotopic (exact) mass is 527 g/mol. The summed E-state index contributed by atoms with van der Waals surface area (Å²) in [4.78, 5) is 34.7. The van der Waals surface area contributed by atoms with Gasteiger partial charge in [-0.2, -0.15) is 0 Å². The van der Waals surface area contributed by atoms with Crippen LogP contribution < -0.4 is 5.32 Å². The molecule has 0 aromatic heterocycles. The summed E-state index contributed by atoms with van der Waals surface area (Å²) in [5.74, 6) is -0.596. The zero-order chi connectivity index (χ0) is 27.4. The van der Waals surface area contributed by atoms with Crippen molar-refractivity contribution in [2.45, 2.75) is 155 Å². The number of carbonyl (C=O) groups excluding carboxylic acids is 3. The van der Waals surface area contributed by atoms with E-state index in [0.29, 0.717) is 12.8 Å². The van der Waals surface area contributed by atoms with Gasteiger partial charge in [-0.05, 0) is 19.3 Å². The third kappa shape index (κ3) is 27.2. The summed E-state index contributed by atoms with van der Waals surface area (Å²) in [5.41, 5.74) is 0. The average molecular weight is 528 g/mol. The molecule has 7 heteroatoms. The SMILES string of the molecule is CCCCCCCCCCCCC(=O)O[C@H](CO)COC(=O)CCCCCCCCCCCNC(C)=O. The average Bonchev–Trinajstić information content (AvgIpc) is 2.88. The molecule has 2 N–H and O–H groups in total. The van der Waals surface area contributed by atoms with Crippen LogP contribution in [0.4, 0.5) is 0 Å². The molecule has 37 heavy (non-hydrogen) atoms. The Bertz CT molecular complexity index is 554. The van der Waals surface area contributed by atoms with Crippen molar-refractivity contribution in [2.24, 2.45) is 0 Å². The van der Waals surface area contributed by atoms with E-state index in [9.17, 15) is 19.5 Å². The third-order valence-electron chi connectivity index (χ3n) is 6.60. The first-order valence-electron chi connectivity index (χ1n) is 15.2. The second kappa shape index (κ2) is 27.4. The van der Waals surface area contributed by atoms with Crippen molar-refractivity contribution in [1.82, 2.24) is 5.32 Å². The number of carbonyl (C=O) groups is 3. The molecule has 0 radical (unpaired) electrons. The van der Waals surface area contributed by atoms with Crippen LogP contribution >= 0.6 is 0 Å². The van der Waals surface area contributed by atoms with Gasteiger partial charge in [-0.15, -0.1) is 0 Å². The molecule has 0 saturated heterocycles. The molecule has 0 fully saturated rings. The summed E-state index contributed by atoms with van der Waals surface area (Å²) in [7, 11) is 0. The third-order valence-corrected chi connectivity index (χ3v) is 6.60. The number of nitrogens with one attached hydrogen (secondary N) is 1. The predicted octanol–water partition coefficient (Wildman–Crippen LogP) is 6.78. The molecule has 0 spiro atoms.